The van der Waals surface area contributed by atoms with Crippen LogP contribution in [0.3, 0.4) is 0 Å². The SMILES string of the molecule is Cn1cc(CNc2cc(C3CC(N)C3)ncn2)cn1. The Kier molecular flexibility index (Phi) is 3.16. The molecule has 100 valence electrons. The molecule has 0 spiro atoms. The summed E-state index contributed by atoms with van der Waals surface area (Å²) < 4.78 is 1.79. The van der Waals surface area contributed by atoms with Gasteiger partial charge in [0.1, 0.15) is 12.1 Å². The zero-order valence-electron chi connectivity index (χ0n) is 11.0. The van der Waals surface area contributed by atoms with Crippen molar-refractivity contribution in [2.45, 2.75) is 31.3 Å². The van der Waals surface area contributed by atoms with E-state index in [-0.39, 0.29) is 0 Å². The number of nitrogens with zero attached hydrogens (tertiary/aromatic N) is 4. The summed E-state index contributed by atoms with van der Waals surface area (Å²) in [5, 5.41) is 7.43. The third-order valence-electron chi connectivity index (χ3n) is 3.51. The van der Waals surface area contributed by atoms with Crippen LogP contribution in [-0.4, -0.2) is 25.8 Å². The lowest BCUT2D eigenvalue weighted by molar-refractivity contribution is 0.345. The highest BCUT2D eigenvalue weighted by atomic mass is 15.2. The number of anilines is 1. The standard InChI is InChI=1S/C13H18N6/c1-19-7-9(6-18-19)5-15-13-4-12(16-8-17-13)10-2-11(14)3-10/h4,6-8,10-11H,2-3,5,14H2,1H3,(H,15,16,17). The van der Waals surface area contributed by atoms with Gasteiger partial charge in [0, 0.05) is 49.1 Å². The Morgan fingerprint density at radius 3 is 2.95 bits per heavy atom. The van der Waals surface area contributed by atoms with Crippen LogP contribution in [0.4, 0.5) is 5.82 Å². The largest absolute Gasteiger partial charge is 0.366 e. The Balaban J connectivity index is 1.63. The van der Waals surface area contributed by atoms with Crippen LogP contribution in [0.5, 0.6) is 0 Å². The highest BCUT2D eigenvalue weighted by molar-refractivity contribution is 5.37. The number of aryl methyl sites for hydroxylation is 1. The zero-order valence-corrected chi connectivity index (χ0v) is 11.0. The van der Waals surface area contributed by atoms with Gasteiger partial charge in [-0.25, -0.2) is 9.97 Å². The normalized spacial score (nSPS) is 22.0. The molecule has 1 fully saturated rings. The Hall–Kier alpha value is -1.95. The van der Waals surface area contributed by atoms with Crippen molar-refractivity contribution >= 4 is 5.82 Å². The summed E-state index contributed by atoms with van der Waals surface area (Å²) in [6.07, 6.45) is 7.50. The van der Waals surface area contributed by atoms with E-state index in [9.17, 15) is 0 Å². The van der Waals surface area contributed by atoms with Crippen LogP contribution >= 0.6 is 0 Å². The molecule has 3 rings (SSSR count). The van der Waals surface area contributed by atoms with Crippen molar-refractivity contribution < 1.29 is 0 Å². The van der Waals surface area contributed by atoms with Gasteiger partial charge in [0.05, 0.1) is 6.20 Å². The van der Waals surface area contributed by atoms with E-state index in [4.69, 9.17) is 5.73 Å². The summed E-state index contributed by atoms with van der Waals surface area (Å²) >= 11 is 0. The smallest absolute Gasteiger partial charge is 0.129 e. The van der Waals surface area contributed by atoms with Gasteiger partial charge < -0.3 is 11.1 Å². The predicted octanol–water partition coefficient (Wildman–Crippen LogP) is 1.03. The fourth-order valence-corrected chi connectivity index (χ4v) is 2.35. The second kappa shape index (κ2) is 4.97. The molecule has 0 radical (unpaired) electrons. The molecule has 0 atom stereocenters. The van der Waals surface area contributed by atoms with Gasteiger partial charge in [-0.3, -0.25) is 4.68 Å². The van der Waals surface area contributed by atoms with E-state index in [1.165, 1.54) is 0 Å². The fourth-order valence-electron chi connectivity index (χ4n) is 2.35. The van der Waals surface area contributed by atoms with Gasteiger partial charge in [0.15, 0.2) is 0 Å². The lowest BCUT2D eigenvalue weighted by Crippen LogP contribution is -2.35. The Morgan fingerprint density at radius 2 is 2.26 bits per heavy atom. The molecule has 1 aliphatic carbocycles. The minimum atomic E-state index is 0.340. The first-order valence-electron chi connectivity index (χ1n) is 6.49. The van der Waals surface area contributed by atoms with E-state index >= 15 is 0 Å². The minimum absolute atomic E-state index is 0.340. The summed E-state index contributed by atoms with van der Waals surface area (Å²) in [6, 6.07) is 2.36. The van der Waals surface area contributed by atoms with Gasteiger partial charge in [-0.15, -0.1) is 0 Å². The number of hydrogen-bond donors (Lipinski definition) is 2. The number of nitrogens with two attached hydrogens (primary N) is 1. The molecule has 0 unspecified atom stereocenters. The van der Waals surface area contributed by atoms with Crippen molar-refractivity contribution in [2.75, 3.05) is 5.32 Å². The van der Waals surface area contributed by atoms with Crippen molar-refractivity contribution in [3.63, 3.8) is 0 Å². The average Bonchev–Trinajstić information content (AvgIpc) is 2.79. The fraction of sp³-hybridized carbons (Fsp3) is 0.462. The molecule has 2 aromatic rings. The van der Waals surface area contributed by atoms with Crippen LogP contribution in [0.1, 0.15) is 30.0 Å². The molecular weight excluding hydrogens is 240 g/mol. The second-order valence-electron chi connectivity index (χ2n) is 5.13. The number of hydrogen-bond acceptors (Lipinski definition) is 5. The van der Waals surface area contributed by atoms with Gasteiger partial charge in [0.25, 0.3) is 0 Å². The average molecular weight is 258 g/mol. The third kappa shape index (κ3) is 2.73. The molecule has 0 aliphatic heterocycles. The van der Waals surface area contributed by atoms with Crippen LogP contribution in [-0.2, 0) is 13.6 Å². The first kappa shape index (κ1) is 12.1. The lowest BCUT2D eigenvalue weighted by Gasteiger charge is -2.31. The Morgan fingerprint density at radius 1 is 1.42 bits per heavy atom. The van der Waals surface area contributed by atoms with E-state index in [1.807, 2.05) is 25.5 Å². The molecule has 0 amide bonds. The molecule has 1 saturated carbocycles. The Labute approximate surface area is 112 Å². The van der Waals surface area contributed by atoms with E-state index in [0.717, 1.165) is 29.9 Å². The molecule has 1 aliphatic rings. The van der Waals surface area contributed by atoms with Crippen LogP contribution in [0.25, 0.3) is 0 Å². The second-order valence-corrected chi connectivity index (χ2v) is 5.13. The minimum Gasteiger partial charge on any atom is -0.366 e. The molecule has 0 aromatic carbocycles. The van der Waals surface area contributed by atoms with Gasteiger partial charge in [-0.05, 0) is 12.8 Å². The van der Waals surface area contributed by atoms with Gasteiger partial charge >= 0.3 is 0 Å². The summed E-state index contributed by atoms with van der Waals surface area (Å²) in [6.45, 7) is 0.717. The van der Waals surface area contributed by atoms with Crippen LogP contribution < -0.4 is 11.1 Å². The van der Waals surface area contributed by atoms with Gasteiger partial charge in [-0.2, -0.15) is 5.10 Å². The number of aromatic nitrogens is 4. The summed E-state index contributed by atoms with van der Waals surface area (Å²) in [5.41, 5.74) is 8.03. The summed E-state index contributed by atoms with van der Waals surface area (Å²) in [4.78, 5) is 8.57. The molecule has 19 heavy (non-hydrogen) atoms. The molecule has 3 N–H and O–H groups in total. The van der Waals surface area contributed by atoms with Crippen LogP contribution in [0, 0.1) is 0 Å². The highest BCUT2D eigenvalue weighted by Crippen LogP contribution is 2.34. The Bertz CT molecular complexity index is 558. The van der Waals surface area contributed by atoms with Crippen molar-refractivity contribution in [1.82, 2.24) is 19.7 Å². The molecule has 2 aromatic heterocycles. The number of nitrogens with one attached hydrogen (secondary N) is 1. The van der Waals surface area contributed by atoms with E-state index < -0.39 is 0 Å². The molecule has 0 saturated heterocycles. The lowest BCUT2D eigenvalue weighted by atomic mass is 9.79. The maximum absolute atomic E-state index is 5.81. The van der Waals surface area contributed by atoms with Crippen LogP contribution in [0.15, 0.2) is 24.8 Å². The quantitative estimate of drug-likeness (QED) is 0.856. The van der Waals surface area contributed by atoms with E-state index in [0.29, 0.717) is 18.5 Å². The monoisotopic (exact) mass is 258 g/mol. The summed E-state index contributed by atoms with van der Waals surface area (Å²) in [5.74, 6) is 1.35. The van der Waals surface area contributed by atoms with Gasteiger partial charge in [-0.1, -0.05) is 0 Å². The summed E-state index contributed by atoms with van der Waals surface area (Å²) in [7, 11) is 1.91. The first-order chi connectivity index (χ1) is 9.20. The van der Waals surface area contributed by atoms with Gasteiger partial charge in [0.2, 0.25) is 0 Å². The maximum Gasteiger partial charge on any atom is 0.129 e. The van der Waals surface area contributed by atoms with Crippen molar-refractivity contribution in [1.29, 1.82) is 0 Å². The highest BCUT2D eigenvalue weighted by Gasteiger charge is 2.28. The molecule has 2 heterocycles. The maximum atomic E-state index is 5.81. The molecule has 0 bridgehead atoms. The topological polar surface area (TPSA) is 81.7 Å². The molecule has 6 heteroatoms. The van der Waals surface area contributed by atoms with Crippen molar-refractivity contribution in [3.05, 3.63) is 36.0 Å². The van der Waals surface area contributed by atoms with Crippen molar-refractivity contribution in [2.24, 2.45) is 12.8 Å². The van der Waals surface area contributed by atoms with E-state index in [2.05, 4.69) is 20.4 Å². The number of rotatable bonds is 4. The molecular formula is C13H18N6. The zero-order chi connectivity index (χ0) is 13.2. The third-order valence-corrected chi connectivity index (χ3v) is 3.51. The van der Waals surface area contributed by atoms with Crippen LogP contribution in [0.2, 0.25) is 0 Å². The van der Waals surface area contributed by atoms with E-state index in [1.54, 1.807) is 11.0 Å². The van der Waals surface area contributed by atoms with Crippen molar-refractivity contribution in [3.8, 4) is 0 Å². The predicted molar refractivity (Wildman–Crippen MR) is 72.5 cm³/mol. The molecule has 6 nitrogen and oxygen atoms in total. The first-order valence-corrected chi connectivity index (χ1v) is 6.49.